The molecule has 0 aliphatic carbocycles. The van der Waals surface area contributed by atoms with Gasteiger partial charge in [0.2, 0.25) is 0 Å². The maximum atomic E-state index is 14.0. The van der Waals surface area contributed by atoms with Crippen LogP contribution < -0.4 is 15.9 Å². The van der Waals surface area contributed by atoms with Gasteiger partial charge < -0.3 is 14.8 Å². The summed E-state index contributed by atoms with van der Waals surface area (Å²) in [6.45, 7) is 0.222. The summed E-state index contributed by atoms with van der Waals surface area (Å²) in [6.07, 6.45) is 0. The molecule has 0 radical (unpaired) electrons. The smallest absolute Gasteiger partial charge is 0.268 e. The Balaban J connectivity index is 1.75. The normalized spacial score (nSPS) is 11.8. The zero-order valence-corrected chi connectivity index (χ0v) is 19.0. The van der Waals surface area contributed by atoms with Crippen LogP contribution in [0.5, 0.6) is 0 Å². The average Bonchev–Trinajstić information content (AvgIpc) is 3.16. The number of H-pyrrole nitrogens is 1. The molecule has 0 saturated carbocycles. The molecule has 1 unspecified atom stereocenters. The van der Waals surface area contributed by atoms with Crippen molar-refractivity contribution in [1.29, 1.82) is 5.26 Å². The third kappa shape index (κ3) is 4.89. The van der Waals surface area contributed by atoms with E-state index in [2.05, 4.69) is 10.3 Å². The van der Waals surface area contributed by atoms with Gasteiger partial charge in [-0.25, -0.2) is 8.78 Å². The van der Waals surface area contributed by atoms with Gasteiger partial charge in [0, 0.05) is 46.3 Å². The summed E-state index contributed by atoms with van der Waals surface area (Å²) >= 11 is 6.20. The predicted octanol–water partition coefficient (Wildman–Crippen LogP) is 4.90. The summed E-state index contributed by atoms with van der Waals surface area (Å²) in [5, 5.41) is 13.6. The van der Waals surface area contributed by atoms with Gasteiger partial charge in [0.15, 0.2) is 0 Å². The van der Waals surface area contributed by atoms with Crippen molar-refractivity contribution in [2.45, 2.75) is 6.54 Å². The first-order valence-corrected chi connectivity index (χ1v) is 11.4. The second kappa shape index (κ2) is 9.68. The van der Waals surface area contributed by atoms with E-state index in [0.29, 0.717) is 26.8 Å². The quantitative estimate of drug-likeness (QED) is 0.383. The number of rotatable bonds is 6. The van der Waals surface area contributed by atoms with Gasteiger partial charge in [0.25, 0.3) is 5.91 Å². The lowest BCUT2D eigenvalue weighted by Crippen LogP contribution is -2.29. The summed E-state index contributed by atoms with van der Waals surface area (Å²) in [5.41, 5.74) is 2.19. The number of carbonyl (C=O) groups is 1. The minimum absolute atomic E-state index is 0.221. The number of nitrogens with zero attached hydrogens (tertiary/aromatic N) is 1. The Bertz CT molecular complexity index is 1360. The van der Waals surface area contributed by atoms with Crippen molar-refractivity contribution in [2.75, 3.05) is 7.11 Å². The Hall–Kier alpha value is -3.30. The molecule has 4 aromatic rings. The molecule has 0 fully saturated rings. The van der Waals surface area contributed by atoms with Crippen molar-refractivity contribution in [3.63, 3.8) is 0 Å². The fraction of sp³-hybridized carbons (Fsp3) is 0.0833. The van der Waals surface area contributed by atoms with Gasteiger partial charge in [0.05, 0.1) is 19.8 Å². The summed E-state index contributed by atoms with van der Waals surface area (Å²) in [5.74, 6) is -1.89. The molecule has 5 nitrogen and oxygen atoms in total. The third-order valence-electron chi connectivity index (χ3n) is 4.96. The van der Waals surface area contributed by atoms with Crippen molar-refractivity contribution in [3.8, 4) is 6.07 Å². The highest BCUT2D eigenvalue weighted by Crippen LogP contribution is 2.39. The SMILES string of the molecule is COP(c1cc(F)cc(F)c1)c1c(C(=O)NCc2ccc(C#N)cc2)[nH]c2ccc(Cl)cc12. The zero-order valence-electron chi connectivity index (χ0n) is 17.3. The number of nitrogens with one attached hydrogen (secondary N) is 2. The molecule has 0 bridgehead atoms. The number of nitriles is 1. The molecule has 3 aromatic carbocycles. The minimum atomic E-state index is -1.75. The molecule has 0 aliphatic rings. The Morgan fingerprint density at radius 1 is 1.12 bits per heavy atom. The van der Waals surface area contributed by atoms with Crippen LogP contribution in [0.15, 0.2) is 60.7 Å². The van der Waals surface area contributed by atoms with Crippen molar-refractivity contribution < 1.29 is 18.1 Å². The average molecular weight is 484 g/mol. The molecular weight excluding hydrogens is 467 g/mol. The first kappa shape index (κ1) is 22.9. The van der Waals surface area contributed by atoms with E-state index < -0.39 is 25.7 Å². The Morgan fingerprint density at radius 3 is 2.45 bits per heavy atom. The molecule has 0 aliphatic heterocycles. The fourth-order valence-electron chi connectivity index (χ4n) is 3.48. The van der Waals surface area contributed by atoms with Crippen LogP contribution in [-0.2, 0) is 11.1 Å². The number of hydrogen-bond acceptors (Lipinski definition) is 3. The Labute approximate surface area is 194 Å². The van der Waals surface area contributed by atoms with E-state index >= 15 is 0 Å². The number of carbonyl (C=O) groups excluding carboxylic acids is 1. The van der Waals surface area contributed by atoms with Gasteiger partial charge in [-0.1, -0.05) is 23.7 Å². The van der Waals surface area contributed by atoms with E-state index in [9.17, 15) is 13.6 Å². The van der Waals surface area contributed by atoms with Crippen LogP contribution in [0.1, 0.15) is 21.6 Å². The second-order valence-corrected chi connectivity index (χ2v) is 9.49. The van der Waals surface area contributed by atoms with E-state index in [-0.39, 0.29) is 17.5 Å². The number of halogens is 3. The van der Waals surface area contributed by atoms with Crippen molar-refractivity contribution in [1.82, 2.24) is 10.3 Å². The first-order chi connectivity index (χ1) is 15.9. The molecule has 4 rings (SSSR count). The number of amides is 1. The van der Waals surface area contributed by atoms with Crippen molar-refractivity contribution in [2.24, 2.45) is 0 Å². The molecule has 2 N–H and O–H groups in total. The zero-order chi connectivity index (χ0) is 23.5. The molecule has 9 heteroatoms. The lowest BCUT2D eigenvalue weighted by atomic mass is 10.1. The third-order valence-corrected chi connectivity index (χ3v) is 7.16. The lowest BCUT2D eigenvalue weighted by Gasteiger charge is -2.17. The van der Waals surface area contributed by atoms with Crippen LogP contribution in [0.2, 0.25) is 5.02 Å². The van der Waals surface area contributed by atoms with E-state index in [4.69, 9.17) is 21.4 Å². The Morgan fingerprint density at radius 2 is 1.82 bits per heavy atom. The minimum Gasteiger partial charge on any atom is -0.353 e. The van der Waals surface area contributed by atoms with E-state index in [1.165, 1.54) is 19.2 Å². The maximum absolute atomic E-state index is 14.0. The van der Waals surface area contributed by atoms with Crippen molar-refractivity contribution >= 4 is 47.2 Å². The maximum Gasteiger partial charge on any atom is 0.268 e. The molecule has 1 amide bonds. The molecule has 0 saturated heterocycles. The topological polar surface area (TPSA) is 77.9 Å². The number of fused-ring (bicyclic) bond motifs is 1. The number of aromatic nitrogens is 1. The van der Waals surface area contributed by atoms with Crippen LogP contribution in [0.25, 0.3) is 10.9 Å². The number of aromatic amines is 1. The molecule has 1 heterocycles. The molecule has 1 aromatic heterocycles. The number of hydrogen-bond donors (Lipinski definition) is 2. The Kier molecular flexibility index (Phi) is 6.71. The second-order valence-electron chi connectivity index (χ2n) is 7.13. The van der Waals surface area contributed by atoms with Crippen LogP contribution in [0.4, 0.5) is 8.78 Å². The first-order valence-electron chi connectivity index (χ1n) is 9.78. The van der Waals surface area contributed by atoms with Gasteiger partial charge in [0.1, 0.15) is 17.3 Å². The largest absolute Gasteiger partial charge is 0.353 e. The predicted molar refractivity (Wildman–Crippen MR) is 125 cm³/mol. The molecule has 0 spiro atoms. The van der Waals surface area contributed by atoms with Gasteiger partial charge >= 0.3 is 0 Å². The summed E-state index contributed by atoms with van der Waals surface area (Å²) < 4.78 is 33.6. The highest BCUT2D eigenvalue weighted by Gasteiger charge is 2.27. The van der Waals surface area contributed by atoms with Crippen LogP contribution in [-0.4, -0.2) is 18.0 Å². The lowest BCUT2D eigenvalue weighted by molar-refractivity contribution is 0.0948. The van der Waals surface area contributed by atoms with Crippen molar-refractivity contribution in [3.05, 3.63) is 94.1 Å². The van der Waals surface area contributed by atoms with E-state index in [1.807, 2.05) is 6.07 Å². The summed E-state index contributed by atoms with van der Waals surface area (Å²) in [4.78, 5) is 16.3. The van der Waals surface area contributed by atoms with Gasteiger partial charge in [-0.05, 0) is 48.0 Å². The highest BCUT2D eigenvalue weighted by atomic mass is 35.5. The fourth-order valence-corrected chi connectivity index (χ4v) is 5.54. The van der Waals surface area contributed by atoms with Crippen LogP contribution >= 0.6 is 19.7 Å². The van der Waals surface area contributed by atoms with E-state index in [0.717, 1.165) is 11.6 Å². The van der Waals surface area contributed by atoms with Gasteiger partial charge in [-0.2, -0.15) is 5.26 Å². The summed E-state index contributed by atoms with van der Waals surface area (Å²) in [6, 6.07) is 17.2. The van der Waals surface area contributed by atoms with Gasteiger partial charge in [-0.3, -0.25) is 4.79 Å². The van der Waals surface area contributed by atoms with Gasteiger partial charge in [-0.15, -0.1) is 0 Å². The monoisotopic (exact) mass is 483 g/mol. The van der Waals surface area contributed by atoms with Crippen LogP contribution in [0.3, 0.4) is 0 Å². The highest BCUT2D eigenvalue weighted by molar-refractivity contribution is 7.69. The molecule has 1 atom stereocenters. The standard InChI is InChI=1S/C24H17ClF2N3O2P/c1-32-33(19-10-17(26)9-18(27)11-19)23-20-8-16(25)6-7-21(20)30-22(23)24(31)29-13-15-4-2-14(12-28)3-5-15/h2-11,30H,13H2,1H3,(H,29,31). The molecule has 33 heavy (non-hydrogen) atoms. The molecule has 166 valence electrons. The summed E-state index contributed by atoms with van der Waals surface area (Å²) in [7, 11) is -0.321. The number of benzene rings is 3. The van der Waals surface area contributed by atoms with Crippen LogP contribution in [0, 0.1) is 23.0 Å². The molecular formula is C24H17ClF2N3O2P. The van der Waals surface area contributed by atoms with E-state index in [1.54, 1.807) is 42.5 Å².